The number of likely N-dealkylation sites (tertiary alicyclic amines) is 1. The van der Waals surface area contributed by atoms with Crippen LogP contribution >= 0.6 is 0 Å². The Bertz CT molecular complexity index is 672. The molecule has 2 aromatic rings. The van der Waals surface area contributed by atoms with Crippen LogP contribution in [0.3, 0.4) is 0 Å². The second kappa shape index (κ2) is 6.42. The van der Waals surface area contributed by atoms with Crippen LogP contribution in [0.2, 0.25) is 0 Å². The first kappa shape index (κ1) is 15.6. The van der Waals surface area contributed by atoms with E-state index in [0.29, 0.717) is 31.9 Å². The van der Waals surface area contributed by atoms with Gasteiger partial charge in [-0.3, -0.25) is 5.41 Å². The van der Waals surface area contributed by atoms with Crippen LogP contribution in [0.5, 0.6) is 0 Å². The number of para-hydroxylation sites is 1. The third-order valence-electron chi connectivity index (χ3n) is 4.42. The largest absolute Gasteiger partial charge is 0.390 e. The fourth-order valence-electron chi connectivity index (χ4n) is 2.88. The Morgan fingerprint density at radius 2 is 1.65 bits per heavy atom. The van der Waals surface area contributed by atoms with Gasteiger partial charge in [0.2, 0.25) is 0 Å². The van der Waals surface area contributed by atoms with E-state index in [1.54, 1.807) is 0 Å². The first-order chi connectivity index (χ1) is 11.1. The molecule has 0 spiro atoms. The van der Waals surface area contributed by atoms with Crippen molar-refractivity contribution >= 4 is 11.6 Å². The number of rotatable bonds is 2. The summed E-state index contributed by atoms with van der Waals surface area (Å²) >= 11 is 0. The Kier molecular flexibility index (Phi) is 4.35. The van der Waals surface area contributed by atoms with Gasteiger partial charge in [-0.05, 0) is 31.4 Å². The van der Waals surface area contributed by atoms with Gasteiger partial charge < -0.3 is 15.3 Å². The normalized spacial score (nSPS) is 16.9. The molecule has 0 unspecified atom stereocenters. The molecule has 1 heterocycles. The first-order valence-corrected chi connectivity index (χ1v) is 8.02. The summed E-state index contributed by atoms with van der Waals surface area (Å²) in [6, 6.07) is 18.2. The number of benzene rings is 2. The molecule has 0 saturated carbocycles. The molecule has 0 radical (unpaired) electrons. The zero-order valence-electron chi connectivity index (χ0n) is 13.4. The first-order valence-electron chi connectivity index (χ1n) is 8.02. The lowest BCUT2D eigenvalue weighted by molar-refractivity contribution is 0.00977. The predicted octanol–water partition coefficient (Wildman–Crippen LogP) is 3.55. The Morgan fingerprint density at radius 3 is 2.35 bits per heavy atom. The second-order valence-corrected chi connectivity index (χ2v) is 6.37. The van der Waals surface area contributed by atoms with E-state index < -0.39 is 5.60 Å². The number of nitrogens with one attached hydrogen (secondary N) is 2. The van der Waals surface area contributed by atoms with Crippen molar-refractivity contribution in [1.29, 1.82) is 5.41 Å². The lowest BCUT2D eigenvalue weighted by atomic mass is 9.94. The number of guanidine groups is 1. The summed E-state index contributed by atoms with van der Waals surface area (Å²) in [5, 5.41) is 21.6. The van der Waals surface area contributed by atoms with Crippen LogP contribution in [0, 0.1) is 5.41 Å². The Morgan fingerprint density at radius 1 is 1.04 bits per heavy atom. The van der Waals surface area contributed by atoms with Crippen molar-refractivity contribution in [2.45, 2.75) is 25.4 Å². The lowest BCUT2D eigenvalue weighted by Crippen LogP contribution is -2.47. The minimum atomic E-state index is -0.598. The molecule has 2 aromatic carbocycles. The summed E-state index contributed by atoms with van der Waals surface area (Å²) in [6.45, 7) is 3.27. The van der Waals surface area contributed by atoms with Gasteiger partial charge in [0.05, 0.1) is 5.60 Å². The highest BCUT2D eigenvalue weighted by Crippen LogP contribution is 2.28. The molecule has 0 atom stereocenters. The van der Waals surface area contributed by atoms with Crippen molar-refractivity contribution in [3.8, 4) is 11.1 Å². The molecule has 4 heteroatoms. The van der Waals surface area contributed by atoms with Crippen LogP contribution in [-0.4, -0.2) is 34.7 Å². The number of piperidine rings is 1. The third kappa shape index (κ3) is 3.71. The molecular formula is C19H23N3O. The lowest BCUT2D eigenvalue weighted by Gasteiger charge is -2.37. The van der Waals surface area contributed by atoms with Crippen LogP contribution in [0.1, 0.15) is 19.8 Å². The van der Waals surface area contributed by atoms with E-state index in [0.717, 1.165) is 16.8 Å². The van der Waals surface area contributed by atoms with E-state index in [-0.39, 0.29) is 0 Å². The summed E-state index contributed by atoms with van der Waals surface area (Å²) in [6.07, 6.45) is 1.38. The minimum Gasteiger partial charge on any atom is -0.390 e. The number of aliphatic hydroxyl groups is 1. The van der Waals surface area contributed by atoms with Crippen molar-refractivity contribution in [3.63, 3.8) is 0 Å². The molecule has 3 N–H and O–H groups in total. The zero-order chi connectivity index (χ0) is 16.3. The highest BCUT2D eigenvalue weighted by molar-refractivity contribution is 5.95. The third-order valence-corrected chi connectivity index (χ3v) is 4.42. The van der Waals surface area contributed by atoms with Crippen LogP contribution in [0.4, 0.5) is 5.69 Å². The molecule has 0 aromatic heterocycles. The fourth-order valence-corrected chi connectivity index (χ4v) is 2.88. The summed E-state index contributed by atoms with van der Waals surface area (Å²) in [5.74, 6) is 0.392. The molecule has 3 rings (SSSR count). The van der Waals surface area contributed by atoms with Crippen LogP contribution in [-0.2, 0) is 0 Å². The predicted molar refractivity (Wildman–Crippen MR) is 94.7 cm³/mol. The topological polar surface area (TPSA) is 59.4 Å². The molecule has 1 aliphatic rings. The molecule has 4 nitrogen and oxygen atoms in total. The van der Waals surface area contributed by atoms with E-state index in [4.69, 9.17) is 5.41 Å². The van der Waals surface area contributed by atoms with E-state index in [1.165, 1.54) is 0 Å². The van der Waals surface area contributed by atoms with Crippen molar-refractivity contribution < 1.29 is 5.11 Å². The Balaban J connectivity index is 1.75. The number of hydrogen-bond donors (Lipinski definition) is 3. The van der Waals surface area contributed by atoms with Crippen LogP contribution < -0.4 is 5.32 Å². The maximum absolute atomic E-state index is 10.0. The average Bonchev–Trinajstić information content (AvgIpc) is 2.56. The minimum absolute atomic E-state index is 0.392. The van der Waals surface area contributed by atoms with Crippen molar-refractivity contribution in [2.75, 3.05) is 18.4 Å². The van der Waals surface area contributed by atoms with Crippen LogP contribution in [0.25, 0.3) is 11.1 Å². The molecule has 0 bridgehead atoms. The van der Waals surface area contributed by atoms with Gasteiger partial charge in [-0.25, -0.2) is 0 Å². The number of nitrogens with zero attached hydrogens (tertiary/aromatic N) is 1. The highest BCUT2D eigenvalue weighted by Gasteiger charge is 2.28. The summed E-state index contributed by atoms with van der Waals surface area (Å²) in [4.78, 5) is 1.99. The van der Waals surface area contributed by atoms with Crippen molar-refractivity contribution in [1.82, 2.24) is 4.90 Å². The van der Waals surface area contributed by atoms with Gasteiger partial charge in [0.1, 0.15) is 0 Å². The second-order valence-electron chi connectivity index (χ2n) is 6.37. The molecule has 1 fully saturated rings. The smallest absolute Gasteiger partial charge is 0.195 e. The number of anilines is 1. The van der Waals surface area contributed by atoms with Gasteiger partial charge >= 0.3 is 0 Å². The monoisotopic (exact) mass is 309 g/mol. The molecule has 120 valence electrons. The van der Waals surface area contributed by atoms with Gasteiger partial charge in [-0.2, -0.15) is 0 Å². The van der Waals surface area contributed by atoms with Crippen LogP contribution in [0.15, 0.2) is 54.6 Å². The maximum atomic E-state index is 10.0. The molecule has 0 aliphatic carbocycles. The van der Waals surface area contributed by atoms with E-state index >= 15 is 0 Å². The van der Waals surface area contributed by atoms with E-state index in [1.807, 2.05) is 48.2 Å². The zero-order valence-corrected chi connectivity index (χ0v) is 13.4. The molecule has 0 amide bonds. The van der Waals surface area contributed by atoms with Gasteiger partial charge in [-0.15, -0.1) is 0 Å². The van der Waals surface area contributed by atoms with Crippen molar-refractivity contribution in [2.24, 2.45) is 0 Å². The maximum Gasteiger partial charge on any atom is 0.195 e. The molecule has 1 aliphatic heterocycles. The van der Waals surface area contributed by atoms with Gasteiger partial charge in [-0.1, -0.05) is 48.5 Å². The fraction of sp³-hybridized carbons (Fsp3) is 0.316. The van der Waals surface area contributed by atoms with E-state index in [2.05, 4.69) is 23.5 Å². The molecular weight excluding hydrogens is 286 g/mol. The standard InChI is InChI=1S/C19H23N3O/c1-19(23)11-13-22(14-12-19)18(20)21-17-10-6-5-9-16(17)15-7-3-2-4-8-15/h2-10,23H,11-14H2,1H3,(H2,20,21). The van der Waals surface area contributed by atoms with Crippen molar-refractivity contribution in [3.05, 3.63) is 54.6 Å². The molecule has 23 heavy (non-hydrogen) atoms. The summed E-state index contributed by atoms with van der Waals surface area (Å²) < 4.78 is 0. The SMILES string of the molecule is CC1(O)CCN(C(=N)Nc2ccccc2-c2ccccc2)CC1. The van der Waals surface area contributed by atoms with Gasteiger partial charge in [0.25, 0.3) is 0 Å². The Labute approximate surface area is 137 Å². The summed E-state index contributed by atoms with van der Waals surface area (Å²) in [5.41, 5.74) is 2.55. The quantitative estimate of drug-likeness (QED) is 0.587. The van der Waals surface area contributed by atoms with E-state index in [9.17, 15) is 5.11 Å². The number of hydrogen-bond acceptors (Lipinski definition) is 2. The van der Waals surface area contributed by atoms with Gasteiger partial charge in [0, 0.05) is 24.3 Å². The summed E-state index contributed by atoms with van der Waals surface area (Å²) in [7, 11) is 0. The molecule has 1 saturated heterocycles. The average molecular weight is 309 g/mol. The Hall–Kier alpha value is -2.33. The highest BCUT2D eigenvalue weighted by atomic mass is 16.3. The van der Waals surface area contributed by atoms with Gasteiger partial charge in [0.15, 0.2) is 5.96 Å².